The summed E-state index contributed by atoms with van der Waals surface area (Å²) in [6, 6.07) is 8.85. The highest BCUT2D eigenvalue weighted by molar-refractivity contribution is 5.35. The van der Waals surface area contributed by atoms with Crippen molar-refractivity contribution in [3.05, 3.63) is 53.3 Å². The molecule has 0 bridgehead atoms. The van der Waals surface area contributed by atoms with Crippen molar-refractivity contribution < 1.29 is 4.74 Å². The van der Waals surface area contributed by atoms with Gasteiger partial charge in [-0.2, -0.15) is 5.10 Å². The number of piperidine rings is 1. The zero-order valence-electron chi connectivity index (χ0n) is 13.9. The molecule has 4 heteroatoms. The molecule has 0 radical (unpaired) electrons. The number of hydrogen-bond donors (Lipinski definition) is 0. The Hall–Kier alpha value is -1.65. The molecule has 1 fully saturated rings. The van der Waals surface area contributed by atoms with Crippen molar-refractivity contribution in [1.29, 1.82) is 0 Å². The van der Waals surface area contributed by atoms with Crippen LogP contribution in [-0.2, 0) is 29.8 Å². The molecule has 0 unspecified atom stereocenters. The normalized spacial score (nSPS) is 20.6. The Kier molecular flexibility index (Phi) is 3.95. The maximum atomic E-state index is 6.31. The Morgan fingerprint density at radius 1 is 1.22 bits per heavy atom. The van der Waals surface area contributed by atoms with Crippen LogP contribution in [0.1, 0.15) is 36.5 Å². The topological polar surface area (TPSA) is 30.3 Å². The summed E-state index contributed by atoms with van der Waals surface area (Å²) < 4.78 is 8.31. The Bertz CT molecular complexity index is 671. The van der Waals surface area contributed by atoms with E-state index in [-0.39, 0.29) is 5.60 Å². The van der Waals surface area contributed by atoms with Crippen LogP contribution in [0.4, 0.5) is 0 Å². The van der Waals surface area contributed by atoms with E-state index in [9.17, 15) is 0 Å². The molecule has 3 heterocycles. The van der Waals surface area contributed by atoms with Crippen LogP contribution < -0.4 is 0 Å². The molecule has 2 aromatic rings. The second-order valence-corrected chi connectivity index (χ2v) is 6.73. The minimum Gasteiger partial charge on any atom is -0.370 e. The van der Waals surface area contributed by atoms with Gasteiger partial charge in [0, 0.05) is 37.9 Å². The third-order valence-corrected chi connectivity index (χ3v) is 5.34. The monoisotopic (exact) mass is 311 g/mol. The molecule has 4 nitrogen and oxygen atoms in total. The van der Waals surface area contributed by atoms with Crippen LogP contribution in [-0.4, -0.2) is 34.4 Å². The van der Waals surface area contributed by atoms with Crippen molar-refractivity contribution in [2.75, 3.05) is 19.7 Å². The SMILES string of the molecule is CCn1cc(CN2CCC3(CC2)OCCc2ccccc23)cn1. The van der Waals surface area contributed by atoms with Crippen LogP contribution in [0.3, 0.4) is 0 Å². The molecule has 0 atom stereocenters. The largest absolute Gasteiger partial charge is 0.370 e. The first kappa shape index (κ1) is 14.9. The summed E-state index contributed by atoms with van der Waals surface area (Å²) in [7, 11) is 0. The Morgan fingerprint density at radius 2 is 2.04 bits per heavy atom. The number of aryl methyl sites for hydroxylation is 1. The van der Waals surface area contributed by atoms with E-state index in [0.29, 0.717) is 0 Å². The van der Waals surface area contributed by atoms with E-state index in [4.69, 9.17) is 4.74 Å². The summed E-state index contributed by atoms with van der Waals surface area (Å²) in [6.45, 7) is 7.10. The average molecular weight is 311 g/mol. The lowest BCUT2D eigenvalue weighted by Gasteiger charge is -2.45. The van der Waals surface area contributed by atoms with Gasteiger partial charge < -0.3 is 4.74 Å². The maximum Gasteiger partial charge on any atom is 0.0958 e. The first-order valence-electron chi connectivity index (χ1n) is 8.75. The van der Waals surface area contributed by atoms with Crippen molar-refractivity contribution in [3.8, 4) is 0 Å². The second-order valence-electron chi connectivity index (χ2n) is 6.73. The second kappa shape index (κ2) is 6.10. The molecule has 1 aromatic carbocycles. The fraction of sp³-hybridized carbons (Fsp3) is 0.526. The highest BCUT2D eigenvalue weighted by atomic mass is 16.5. The number of ether oxygens (including phenoxy) is 1. The summed E-state index contributed by atoms with van der Waals surface area (Å²) in [5.41, 5.74) is 4.19. The average Bonchev–Trinajstić information content (AvgIpc) is 3.05. The molecule has 1 spiro atoms. The molecule has 2 aliphatic heterocycles. The van der Waals surface area contributed by atoms with Gasteiger partial charge in [-0.3, -0.25) is 9.58 Å². The lowest BCUT2D eigenvalue weighted by molar-refractivity contribution is -0.0989. The Labute approximate surface area is 138 Å². The molecule has 1 aromatic heterocycles. The predicted octanol–water partition coefficient (Wildman–Crippen LogP) is 2.97. The number of hydrogen-bond acceptors (Lipinski definition) is 3. The number of fused-ring (bicyclic) bond motifs is 2. The van der Waals surface area contributed by atoms with E-state index < -0.39 is 0 Å². The van der Waals surface area contributed by atoms with Crippen LogP contribution in [0.2, 0.25) is 0 Å². The van der Waals surface area contributed by atoms with Gasteiger partial charge in [-0.25, -0.2) is 0 Å². The van der Waals surface area contributed by atoms with Gasteiger partial charge in [-0.1, -0.05) is 24.3 Å². The molecule has 0 saturated carbocycles. The van der Waals surface area contributed by atoms with Gasteiger partial charge in [0.05, 0.1) is 18.4 Å². The summed E-state index contributed by atoms with van der Waals surface area (Å²) in [6.07, 6.45) is 7.40. The van der Waals surface area contributed by atoms with Gasteiger partial charge in [-0.15, -0.1) is 0 Å². The van der Waals surface area contributed by atoms with Crippen molar-refractivity contribution in [2.45, 2.75) is 44.9 Å². The van der Waals surface area contributed by atoms with E-state index in [2.05, 4.69) is 47.4 Å². The molecular formula is C19H25N3O. The highest BCUT2D eigenvalue weighted by Gasteiger charge is 2.40. The minimum absolute atomic E-state index is 0.0427. The van der Waals surface area contributed by atoms with Gasteiger partial charge in [0.1, 0.15) is 0 Å². The molecule has 1 saturated heterocycles. The standard InChI is InChI=1S/C19H25N3O/c1-2-22-15-16(13-20-22)14-21-10-8-19(9-11-21)18-6-4-3-5-17(18)7-12-23-19/h3-6,13,15H,2,7-12,14H2,1H3. The van der Waals surface area contributed by atoms with Crippen molar-refractivity contribution >= 4 is 0 Å². The van der Waals surface area contributed by atoms with E-state index in [0.717, 1.165) is 52.0 Å². The molecule has 4 rings (SSSR count). The number of likely N-dealkylation sites (tertiary alicyclic amines) is 1. The molecule has 0 N–H and O–H groups in total. The molecular weight excluding hydrogens is 286 g/mol. The predicted molar refractivity (Wildman–Crippen MR) is 90.2 cm³/mol. The van der Waals surface area contributed by atoms with E-state index >= 15 is 0 Å². The highest BCUT2D eigenvalue weighted by Crippen LogP contribution is 2.41. The zero-order valence-corrected chi connectivity index (χ0v) is 13.9. The van der Waals surface area contributed by atoms with Gasteiger partial charge >= 0.3 is 0 Å². The van der Waals surface area contributed by atoms with Crippen molar-refractivity contribution in [1.82, 2.24) is 14.7 Å². The molecule has 122 valence electrons. The van der Waals surface area contributed by atoms with Crippen molar-refractivity contribution in [3.63, 3.8) is 0 Å². The molecule has 23 heavy (non-hydrogen) atoms. The lowest BCUT2D eigenvalue weighted by Crippen LogP contribution is -2.46. The molecule has 0 amide bonds. The molecule has 2 aliphatic rings. The quantitative estimate of drug-likeness (QED) is 0.873. The zero-order chi connectivity index (χ0) is 15.7. The first-order chi connectivity index (χ1) is 11.3. The molecule has 0 aliphatic carbocycles. The Morgan fingerprint density at radius 3 is 2.83 bits per heavy atom. The van der Waals surface area contributed by atoms with Crippen LogP contribution >= 0.6 is 0 Å². The van der Waals surface area contributed by atoms with Gasteiger partial charge in [0.25, 0.3) is 0 Å². The van der Waals surface area contributed by atoms with E-state index in [1.165, 1.54) is 16.7 Å². The van der Waals surface area contributed by atoms with Crippen molar-refractivity contribution in [2.24, 2.45) is 0 Å². The van der Waals surface area contributed by atoms with E-state index in [1.807, 2.05) is 10.9 Å². The lowest BCUT2D eigenvalue weighted by atomic mass is 9.79. The van der Waals surface area contributed by atoms with E-state index in [1.54, 1.807) is 0 Å². The summed E-state index contributed by atoms with van der Waals surface area (Å²) in [5.74, 6) is 0. The van der Waals surface area contributed by atoms with Crippen LogP contribution in [0.5, 0.6) is 0 Å². The number of rotatable bonds is 3. The smallest absolute Gasteiger partial charge is 0.0958 e. The fourth-order valence-corrected chi connectivity index (χ4v) is 4.02. The van der Waals surface area contributed by atoms with Crippen LogP contribution in [0.15, 0.2) is 36.7 Å². The van der Waals surface area contributed by atoms with Gasteiger partial charge in [0.15, 0.2) is 0 Å². The summed E-state index contributed by atoms with van der Waals surface area (Å²) in [4.78, 5) is 2.53. The van der Waals surface area contributed by atoms with Gasteiger partial charge in [0.2, 0.25) is 0 Å². The van der Waals surface area contributed by atoms with Crippen LogP contribution in [0.25, 0.3) is 0 Å². The Balaban J connectivity index is 1.45. The number of nitrogens with zero attached hydrogens (tertiary/aromatic N) is 3. The first-order valence-corrected chi connectivity index (χ1v) is 8.75. The maximum absolute atomic E-state index is 6.31. The minimum atomic E-state index is -0.0427. The summed E-state index contributed by atoms with van der Waals surface area (Å²) >= 11 is 0. The third kappa shape index (κ3) is 2.81. The fourth-order valence-electron chi connectivity index (χ4n) is 4.02. The third-order valence-electron chi connectivity index (χ3n) is 5.34. The summed E-state index contributed by atoms with van der Waals surface area (Å²) in [5, 5.41) is 4.38. The number of aromatic nitrogens is 2. The van der Waals surface area contributed by atoms with Gasteiger partial charge in [-0.05, 0) is 37.3 Å². The van der Waals surface area contributed by atoms with Crippen LogP contribution in [0, 0.1) is 0 Å². The number of benzene rings is 1.